The Kier molecular flexibility index (Phi) is 6.40. The number of carbonyl (C=O) groups is 1. The van der Waals surface area contributed by atoms with Crippen molar-refractivity contribution in [1.29, 1.82) is 5.26 Å². The molecule has 2 fully saturated rings. The van der Waals surface area contributed by atoms with E-state index in [2.05, 4.69) is 26.6 Å². The maximum Gasteiger partial charge on any atom is 0.417 e. The van der Waals surface area contributed by atoms with E-state index in [0.717, 1.165) is 12.1 Å². The second-order valence-corrected chi connectivity index (χ2v) is 9.80. The Morgan fingerprint density at radius 3 is 2.54 bits per heavy atom. The van der Waals surface area contributed by atoms with Crippen LogP contribution in [0.4, 0.5) is 13.2 Å². The minimum Gasteiger partial charge on any atom is -0.336 e. The topological polar surface area (TPSA) is 99.1 Å². The standard InChI is InChI=1S/C16H15BrF3N3O3S.ClH/c17-9-1-2-13(11(5-9)16(18,19)20)27(25,26)10-6-12(22-7-10)14(24)23-15(8-21)3-4-15;/h1-2,5,10,12,22H,3-4,6-7H2,(H,23,24);1H/t10-,12+;/m1./s1. The van der Waals surface area contributed by atoms with Crippen LogP contribution in [0, 0.1) is 11.3 Å². The van der Waals surface area contributed by atoms with Crippen LogP contribution in [0.3, 0.4) is 0 Å². The normalized spacial score (nSPS) is 23.4. The van der Waals surface area contributed by atoms with Crippen LogP contribution in [0.2, 0.25) is 0 Å². The predicted molar refractivity (Wildman–Crippen MR) is 99.5 cm³/mol. The highest BCUT2D eigenvalue weighted by Crippen LogP contribution is 2.38. The van der Waals surface area contributed by atoms with E-state index in [9.17, 15) is 26.4 Å². The number of carbonyl (C=O) groups excluding carboxylic acids is 1. The van der Waals surface area contributed by atoms with E-state index in [1.54, 1.807) is 0 Å². The van der Waals surface area contributed by atoms with Gasteiger partial charge in [0.1, 0.15) is 5.54 Å². The number of halogens is 5. The monoisotopic (exact) mass is 501 g/mol. The molecule has 154 valence electrons. The van der Waals surface area contributed by atoms with Gasteiger partial charge in [-0.3, -0.25) is 4.79 Å². The number of nitriles is 1. The van der Waals surface area contributed by atoms with E-state index >= 15 is 0 Å². The van der Waals surface area contributed by atoms with Crippen molar-refractivity contribution in [2.75, 3.05) is 6.54 Å². The first-order valence-electron chi connectivity index (χ1n) is 8.06. The molecule has 0 aromatic heterocycles. The molecule has 12 heteroatoms. The van der Waals surface area contributed by atoms with Crippen molar-refractivity contribution < 1.29 is 26.4 Å². The number of hydrogen-bond acceptors (Lipinski definition) is 5. The maximum atomic E-state index is 13.3. The maximum absolute atomic E-state index is 13.3. The Bertz CT molecular complexity index is 929. The van der Waals surface area contributed by atoms with Crippen LogP contribution < -0.4 is 10.6 Å². The smallest absolute Gasteiger partial charge is 0.336 e. The number of nitrogens with one attached hydrogen (secondary N) is 2. The van der Waals surface area contributed by atoms with Crippen LogP contribution in [0.1, 0.15) is 24.8 Å². The van der Waals surface area contributed by atoms with E-state index < -0.39 is 49.2 Å². The van der Waals surface area contributed by atoms with Crippen LogP contribution in [-0.4, -0.2) is 37.7 Å². The average Bonchev–Trinajstić information content (AvgIpc) is 3.16. The minimum atomic E-state index is -4.83. The second kappa shape index (κ2) is 7.82. The Morgan fingerprint density at radius 2 is 2.00 bits per heavy atom. The van der Waals surface area contributed by atoms with Gasteiger partial charge in [-0.2, -0.15) is 18.4 Å². The fourth-order valence-electron chi connectivity index (χ4n) is 3.00. The molecule has 2 aliphatic rings. The largest absolute Gasteiger partial charge is 0.417 e. The van der Waals surface area contributed by atoms with Gasteiger partial charge >= 0.3 is 6.18 Å². The molecule has 1 aliphatic heterocycles. The van der Waals surface area contributed by atoms with Crippen LogP contribution in [0.25, 0.3) is 0 Å². The highest BCUT2D eigenvalue weighted by Gasteiger charge is 2.48. The summed E-state index contributed by atoms with van der Waals surface area (Å²) in [6.07, 6.45) is -3.95. The quantitative estimate of drug-likeness (QED) is 0.659. The van der Waals surface area contributed by atoms with Crippen molar-refractivity contribution in [3.63, 3.8) is 0 Å². The fourth-order valence-corrected chi connectivity index (χ4v) is 5.22. The number of amides is 1. The van der Waals surface area contributed by atoms with Gasteiger partial charge in [0, 0.05) is 11.0 Å². The summed E-state index contributed by atoms with van der Waals surface area (Å²) in [5.41, 5.74) is -2.14. The Labute approximate surface area is 174 Å². The van der Waals surface area contributed by atoms with Gasteiger partial charge in [-0.25, -0.2) is 8.42 Å². The van der Waals surface area contributed by atoms with Gasteiger partial charge in [-0.1, -0.05) is 15.9 Å². The second-order valence-electron chi connectivity index (χ2n) is 6.68. The van der Waals surface area contributed by atoms with Crippen LogP contribution in [0.15, 0.2) is 27.6 Å². The predicted octanol–water partition coefficient (Wildman–Crippen LogP) is 2.57. The molecule has 3 rings (SSSR count). The highest BCUT2D eigenvalue weighted by atomic mass is 79.9. The Morgan fingerprint density at radius 1 is 1.36 bits per heavy atom. The van der Waals surface area contributed by atoms with Gasteiger partial charge in [0.15, 0.2) is 9.84 Å². The number of alkyl halides is 3. The molecule has 28 heavy (non-hydrogen) atoms. The zero-order valence-electron chi connectivity index (χ0n) is 14.2. The van der Waals surface area contributed by atoms with Crippen LogP contribution in [-0.2, 0) is 20.8 Å². The van der Waals surface area contributed by atoms with Crippen molar-refractivity contribution in [3.8, 4) is 6.07 Å². The van der Waals surface area contributed by atoms with Gasteiger partial charge in [-0.05, 0) is 37.5 Å². The number of hydrogen-bond donors (Lipinski definition) is 2. The Balaban J connectivity index is 0.00000280. The molecule has 2 N–H and O–H groups in total. The summed E-state index contributed by atoms with van der Waals surface area (Å²) in [6.45, 7) is -0.146. The molecule has 1 amide bonds. The highest BCUT2D eigenvalue weighted by molar-refractivity contribution is 9.10. The molecule has 0 spiro atoms. The molecule has 2 atom stereocenters. The van der Waals surface area contributed by atoms with Crippen molar-refractivity contribution in [2.45, 2.75) is 47.2 Å². The lowest BCUT2D eigenvalue weighted by atomic mass is 10.2. The third kappa shape index (κ3) is 4.45. The number of nitrogens with zero attached hydrogens (tertiary/aromatic N) is 1. The molecule has 1 aliphatic carbocycles. The van der Waals surface area contributed by atoms with Crippen molar-refractivity contribution in [2.24, 2.45) is 0 Å². The zero-order chi connectivity index (χ0) is 20.0. The summed E-state index contributed by atoms with van der Waals surface area (Å²) in [4.78, 5) is 11.4. The van der Waals surface area contributed by atoms with Gasteiger partial charge in [-0.15, -0.1) is 12.4 Å². The summed E-state index contributed by atoms with van der Waals surface area (Å²) in [7, 11) is -4.32. The molecule has 0 bridgehead atoms. The molecule has 1 saturated carbocycles. The van der Waals surface area contributed by atoms with Gasteiger partial charge in [0.25, 0.3) is 0 Å². The number of benzene rings is 1. The average molecular weight is 503 g/mol. The summed E-state index contributed by atoms with van der Waals surface area (Å²) < 4.78 is 65.6. The summed E-state index contributed by atoms with van der Waals surface area (Å²) in [5.74, 6) is -0.515. The molecule has 0 unspecified atom stereocenters. The van der Waals surface area contributed by atoms with Gasteiger partial charge in [0.2, 0.25) is 5.91 Å². The van der Waals surface area contributed by atoms with Gasteiger partial charge < -0.3 is 10.6 Å². The van der Waals surface area contributed by atoms with Crippen molar-refractivity contribution in [1.82, 2.24) is 10.6 Å². The lowest BCUT2D eigenvalue weighted by Crippen LogP contribution is -2.45. The Hall–Kier alpha value is -1.35. The first-order valence-corrected chi connectivity index (χ1v) is 10.4. The third-order valence-corrected chi connectivity index (χ3v) is 7.42. The first kappa shape index (κ1) is 22.9. The molecule has 0 radical (unpaired) electrons. The molecule has 1 saturated heterocycles. The van der Waals surface area contributed by atoms with Crippen LogP contribution in [0.5, 0.6) is 0 Å². The van der Waals surface area contributed by atoms with E-state index in [-0.39, 0.29) is 29.8 Å². The molecule has 1 heterocycles. The summed E-state index contributed by atoms with van der Waals surface area (Å²) >= 11 is 2.92. The molecular formula is C16H16BrClF3N3O3S. The van der Waals surface area contributed by atoms with Crippen molar-refractivity contribution >= 4 is 44.1 Å². The van der Waals surface area contributed by atoms with E-state index in [0.29, 0.717) is 12.8 Å². The minimum absolute atomic E-state index is 0. The SMILES string of the molecule is Cl.N#CC1(NC(=O)[C@@H]2C[C@@H](S(=O)(=O)c3ccc(Br)cc3C(F)(F)F)CN2)CC1. The number of rotatable bonds is 4. The van der Waals surface area contributed by atoms with E-state index in [1.807, 2.05) is 6.07 Å². The lowest BCUT2D eigenvalue weighted by molar-refractivity contribution is -0.140. The van der Waals surface area contributed by atoms with Crippen molar-refractivity contribution in [3.05, 3.63) is 28.2 Å². The summed E-state index contributed by atoms with van der Waals surface area (Å²) in [6, 6.07) is 4.00. The van der Waals surface area contributed by atoms with Gasteiger partial charge in [0.05, 0.1) is 27.8 Å². The lowest BCUT2D eigenvalue weighted by Gasteiger charge is -2.17. The third-order valence-electron chi connectivity index (χ3n) is 4.73. The molecular weight excluding hydrogens is 487 g/mol. The molecule has 1 aromatic carbocycles. The fraction of sp³-hybridized carbons (Fsp3) is 0.500. The summed E-state index contributed by atoms with van der Waals surface area (Å²) in [5, 5.41) is 13.1. The van der Waals surface area contributed by atoms with Crippen LogP contribution >= 0.6 is 28.3 Å². The first-order chi connectivity index (χ1) is 12.5. The number of sulfone groups is 1. The zero-order valence-corrected chi connectivity index (χ0v) is 17.4. The van der Waals surface area contributed by atoms with E-state index in [1.165, 1.54) is 6.07 Å². The van der Waals surface area contributed by atoms with E-state index in [4.69, 9.17) is 5.26 Å². The molecule has 1 aromatic rings. The molecule has 6 nitrogen and oxygen atoms in total.